The molecule has 5 nitrogen and oxygen atoms in total. The molecule has 2 atom stereocenters. The summed E-state index contributed by atoms with van der Waals surface area (Å²) in [6, 6.07) is 7.27. The van der Waals surface area contributed by atoms with E-state index in [9.17, 15) is 10.1 Å². The fourth-order valence-corrected chi connectivity index (χ4v) is 2.70. The van der Waals surface area contributed by atoms with Crippen molar-refractivity contribution in [1.29, 1.82) is 0 Å². The Kier molecular flexibility index (Phi) is 5.49. The molecule has 20 heavy (non-hydrogen) atoms. The topological polar surface area (TPSA) is 64.4 Å². The Labute approximate surface area is 119 Å². The van der Waals surface area contributed by atoms with Crippen LogP contribution in [0.4, 0.5) is 5.69 Å². The van der Waals surface area contributed by atoms with Crippen LogP contribution in [0.3, 0.4) is 0 Å². The lowest BCUT2D eigenvalue weighted by molar-refractivity contribution is -0.385. The molecule has 1 aromatic rings. The summed E-state index contributed by atoms with van der Waals surface area (Å²) >= 11 is 0. The van der Waals surface area contributed by atoms with Gasteiger partial charge in [0.1, 0.15) is 0 Å². The van der Waals surface area contributed by atoms with Crippen LogP contribution in [0.15, 0.2) is 24.3 Å². The standard InChI is InChI=1S/C15H22N2O3/c1-2-8-16-14(13-7-9-20-11-13)10-12-5-3-4-6-15(12)17(18)19/h3-6,13-14,16H,2,7-11H2,1H3. The molecule has 1 N–H and O–H groups in total. The molecule has 1 aromatic carbocycles. The first-order valence-electron chi connectivity index (χ1n) is 7.25. The zero-order valence-corrected chi connectivity index (χ0v) is 11.9. The normalized spacial score (nSPS) is 19.9. The van der Waals surface area contributed by atoms with Crippen LogP contribution in [-0.4, -0.2) is 30.7 Å². The van der Waals surface area contributed by atoms with Crippen LogP contribution in [0.25, 0.3) is 0 Å². The minimum absolute atomic E-state index is 0.217. The van der Waals surface area contributed by atoms with E-state index < -0.39 is 0 Å². The summed E-state index contributed by atoms with van der Waals surface area (Å²) in [7, 11) is 0. The van der Waals surface area contributed by atoms with Crippen LogP contribution < -0.4 is 5.32 Å². The van der Waals surface area contributed by atoms with Crippen molar-refractivity contribution in [3.05, 3.63) is 39.9 Å². The fraction of sp³-hybridized carbons (Fsp3) is 0.600. The number of nitrogens with one attached hydrogen (secondary N) is 1. The molecule has 5 heteroatoms. The lowest BCUT2D eigenvalue weighted by Gasteiger charge is -2.23. The van der Waals surface area contributed by atoms with E-state index in [-0.39, 0.29) is 16.7 Å². The maximum absolute atomic E-state index is 11.1. The zero-order chi connectivity index (χ0) is 14.4. The van der Waals surface area contributed by atoms with Gasteiger partial charge >= 0.3 is 0 Å². The number of ether oxygens (including phenoxy) is 1. The van der Waals surface area contributed by atoms with Crippen LogP contribution in [0.2, 0.25) is 0 Å². The van der Waals surface area contributed by atoms with Crippen molar-refractivity contribution in [3.63, 3.8) is 0 Å². The van der Waals surface area contributed by atoms with E-state index in [1.165, 1.54) is 0 Å². The number of rotatable bonds is 7. The molecule has 0 saturated carbocycles. The molecular formula is C15H22N2O3. The van der Waals surface area contributed by atoms with E-state index in [1.807, 2.05) is 12.1 Å². The summed E-state index contributed by atoms with van der Waals surface area (Å²) in [4.78, 5) is 10.8. The van der Waals surface area contributed by atoms with Crippen molar-refractivity contribution in [2.24, 2.45) is 5.92 Å². The summed E-state index contributed by atoms with van der Waals surface area (Å²) < 4.78 is 5.46. The second-order valence-electron chi connectivity index (χ2n) is 5.27. The highest BCUT2D eigenvalue weighted by Gasteiger charge is 2.27. The van der Waals surface area contributed by atoms with Crippen molar-refractivity contribution in [2.45, 2.75) is 32.2 Å². The van der Waals surface area contributed by atoms with Crippen LogP contribution in [0.1, 0.15) is 25.3 Å². The first kappa shape index (κ1) is 14.9. The highest BCUT2D eigenvalue weighted by molar-refractivity contribution is 5.40. The Bertz CT molecular complexity index is 444. The van der Waals surface area contributed by atoms with Gasteiger partial charge in [0, 0.05) is 30.2 Å². The minimum atomic E-state index is -0.294. The maximum atomic E-state index is 11.1. The molecule has 1 aliphatic rings. The third-order valence-electron chi connectivity index (χ3n) is 3.82. The summed E-state index contributed by atoms with van der Waals surface area (Å²) in [5, 5.41) is 14.6. The van der Waals surface area contributed by atoms with E-state index >= 15 is 0 Å². The summed E-state index contributed by atoms with van der Waals surface area (Å²) in [5.41, 5.74) is 1.02. The number of nitro groups is 1. The van der Waals surface area contributed by atoms with Crippen LogP contribution >= 0.6 is 0 Å². The Balaban J connectivity index is 2.12. The molecule has 2 unspecified atom stereocenters. The average Bonchev–Trinajstić information content (AvgIpc) is 2.97. The lowest BCUT2D eigenvalue weighted by Crippen LogP contribution is -2.39. The van der Waals surface area contributed by atoms with Gasteiger partial charge in [-0.05, 0) is 25.8 Å². The van der Waals surface area contributed by atoms with Gasteiger partial charge in [0.15, 0.2) is 0 Å². The number of hydrogen-bond donors (Lipinski definition) is 1. The zero-order valence-electron chi connectivity index (χ0n) is 11.9. The van der Waals surface area contributed by atoms with Gasteiger partial charge in [0.2, 0.25) is 0 Å². The van der Waals surface area contributed by atoms with Crippen LogP contribution in [0.5, 0.6) is 0 Å². The molecule has 0 amide bonds. The third-order valence-corrected chi connectivity index (χ3v) is 3.82. The molecule has 0 spiro atoms. The number of nitrogens with zero attached hydrogens (tertiary/aromatic N) is 1. The highest BCUT2D eigenvalue weighted by atomic mass is 16.6. The monoisotopic (exact) mass is 278 g/mol. The fourth-order valence-electron chi connectivity index (χ4n) is 2.70. The molecule has 1 aliphatic heterocycles. The maximum Gasteiger partial charge on any atom is 0.272 e. The molecule has 0 aliphatic carbocycles. The average molecular weight is 278 g/mol. The third kappa shape index (κ3) is 3.77. The molecule has 0 aromatic heterocycles. The summed E-state index contributed by atoms with van der Waals surface area (Å²) in [6.45, 7) is 4.61. The Morgan fingerprint density at radius 3 is 2.95 bits per heavy atom. The van der Waals surface area contributed by atoms with E-state index in [4.69, 9.17) is 4.74 Å². The largest absolute Gasteiger partial charge is 0.381 e. The van der Waals surface area contributed by atoms with Crippen molar-refractivity contribution < 1.29 is 9.66 Å². The van der Waals surface area contributed by atoms with Gasteiger partial charge in [-0.1, -0.05) is 25.1 Å². The molecule has 0 radical (unpaired) electrons. The second kappa shape index (κ2) is 7.36. The van der Waals surface area contributed by atoms with Gasteiger partial charge in [-0.25, -0.2) is 0 Å². The predicted molar refractivity (Wildman–Crippen MR) is 77.8 cm³/mol. The number of nitro benzene ring substituents is 1. The number of hydrogen-bond acceptors (Lipinski definition) is 4. The van der Waals surface area contributed by atoms with E-state index in [1.54, 1.807) is 12.1 Å². The van der Waals surface area contributed by atoms with E-state index in [0.29, 0.717) is 12.3 Å². The van der Waals surface area contributed by atoms with Crippen LogP contribution in [-0.2, 0) is 11.2 Å². The van der Waals surface area contributed by atoms with Crippen LogP contribution in [0, 0.1) is 16.0 Å². The SMILES string of the molecule is CCCNC(Cc1ccccc1[N+](=O)[O-])C1CCOC1. The molecule has 110 valence electrons. The molecule has 1 heterocycles. The molecule has 0 bridgehead atoms. The minimum Gasteiger partial charge on any atom is -0.381 e. The van der Waals surface area contributed by atoms with Gasteiger partial charge < -0.3 is 10.1 Å². The molecular weight excluding hydrogens is 256 g/mol. The second-order valence-corrected chi connectivity index (χ2v) is 5.27. The first-order chi connectivity index (χ1) is 9.72. The number of para-hydroxylation sites is 1. The number of benzene rings is 1. The summed E-state index contributed by atoms with van der Waals surface area (Å²) in [6.07, 6.45) is 2.77. The quantitative estimate of drug-likeness (QED) is 0.615. The van der Waals surface area contributed by atoms with Crippen molar-refractivity contribution >= 4 is 5.69 Å². The van der Waals surface area contributed by atoms with Gasteiger partial charge in [0.25, 0.3) is 5.69 Å². The Morgan fingerprint density at radius 1 is 1.50 bits per heavy atom. The van der Waals surface area contributed by atoms with Crippen molar-refractivity contribution in [3.8, 4) is 0 Å². The Hall–Kier alpha value is -1.46. The van der Waals surface area contributed by atoms with E-state index in [2.05, 4.69) is 12.2 Å². The first-order valence-corrected chi connectivity index (χ1v) is 7.25. The van der Waals surface area contributed by atoms with Crippen molar-refractivity contribution in [2.75, 3.05) is 19.8 Å². The Morgan fingerprint density at radius 2 is 2.30 bits per heavy atom. The lowest BCUT2D eigenvalue weighted by atomic mass is 9.92. The predicted octanol–water partition coefficient (Wildman–Crippen LogP) is 2.54. The van der Waals surface area contributed by atoms with Gasteiger partial charge in [-0.3, -0.25) is 10.1 Å². The summed E-state index contributed by atoms with van der Waals surface area (Å²) in [5.74, 6) is 0.446. The van der Waals surface area contributed by atoms with Gasteiger partial charge in [-0.15, -0.1) is 0 Å². The molecule has 1 saturated heterocycles. The van der Waals surface area contributed by atoms with Gasteiger partial charge in [0.05, 0.1) is 11.5 Å². The smallest absolute Gasteiger partial charge is 0.272 e. The highest BCUT2D eigenvalue weighted by Crippen LogP contribution is 2.24. The van der Waals surface area contributed by atoms with E-state index in [0.717, 1.165) is 38.2 Å². The van der Waals surface area contributed by atoms with Crippen molar-refractivity contribution in [1.82, 2.24) is 5.32 Å². The van der Waals surface area contributed by atoms with Gasteiger partial charge in [-0.2, -0.15) is 0 Å². The molecule has 2 rings (SSSR count). The molecule has 1 fully saturated rings.